The molecule has 0 aliphatic heterocycles. The Morgan fingerprint density at radius 3 is 2.93 bits per heavy atom. The minimum atomic E-state index is 0.341. The molecule has 0 atom stereocenters. The van der Waals surface area contributed by atoms with Crippen LogP contribution in [0.1, 0.15) is 19.4 Å². The van der Waals surface area contributed by atoms with Crippen LogP contribution >= 0.6 is 11.3 Å². The maximum Gasteiger partial charge on any atom is 0.0594 e. The van der Waals surface area contributed by atoms with Crippen LogP contribution in [-0.2, 0) is 11.2 Å². The molecule has 0 saturated carbocycles. The number of hydrogen-bond acceptors (Lipinski definition) is 3. The Kier molecular flexibility index (Phi) is 5.83. The van der Waals surface area contributed by atoms with Crippen molar-refractivity contribution in [2.75, 3.05) is 19.7 Å². The quantitative estimate of drug-likeness (QED) is 0.702. The Balaban J connectivity index is 1.90. The lowest BCUT2D eigenvalue weighted by atomic mass is 10.2. The van der Waals surface area contributed by atoms with Crippen molar-refractivity contribution >= 4 is 11.3 Å². The Hall–Kier alpha value is -0.380. The van der Waals surface area contributed by atoms with E-state index in [1.807, 2.05) is 0 Å². The molecule has 0 amide bonds. The van der Waals surface area contributed by atoms with E-state index in [0.29, 0.717) is 6.10 Å². The van der Waals surface area contributed by atoms with Gasteiger partial charge in [-0.2, -0.15) is 11.3 Å². The zero-order valence-corrected chi connectivity index (χ0v) is 9.77. The summed E-state index contributed by atoms with van der Waals surface area (Å²) in [5.41, 5.74) is 1.42. The maximum atomic E-state index is 5.42. The van der Waals surface area contributed by atoms with Gasteiger partial charge in [0.15, 0.2) is 0 Å². The van der Waals surface area contributed by atoms with Gasteiger partial charge in [0, 0.05) is 6.54 Å². The molecule has 0 bridgehead atoms. The Labute approximate surface area is 90.3 Å². The predicted octanol–water partition coefficient (Wildman–Crippen LogP) is 2.31. The van der Waals surface area contributed by atoms with Crippen molar-refractivity contribution in [3.05, 3.63) is 22.4 Å². The zero-order chi connectivity index (χ0) is 10.2. The Morgan fingerprint density at radius 2 is 2.29 bits per heavy atom. The largest absolute Gasteiger partial charge is 0.377 e. The van der Waals surface area contributed by atoms with E-state index in [2.05, 4.69) is 36.0 Å². The molecule has 1 rings (SSSR count). The SMILES string of the molecule is CC(C)OCCNCCc1ccsc1. The van der Waals surface area contributed by atoms with E-state index in [9.17, 15) is 0 Å². The molecule has 14 heavy (non-hydrogen) atoms. The smallest absolute Gasteiger partial charge is 0.0594 e. The first-order chi connectivity index (χ1) is 6.79. The molecule has 1 aromatic rings. The summed E-state index contributed by atoms with van der Waals surface area (Å²) in [6.45, 7) is 6.92. The molecule has 0 radical (unpaired) electrons. The first-order valence-electron chi connectivity index (χ1n) is 5.12. The second-order valence-electron chi connectivity index (χ2n) is 3.55. The van der Waals surface area contributed by atoms with Crippen LogP contribution in [0.15, 0.2) is 16.8 Å². The second-order valence-corrected chi connectivity index (χ2v) is 4.33. The molecule has 1 N–H and O–H groups in total. The van der Waals surface area contributed by atoms with Gasteiger partial charge in [-0.1, -0.05) is 0 Å². The summed E-state index contributed by atoms with van der Waals surface area (Å²) in [5.74, 6) is 0. The van der Waals surface area contributed by atoms with E-state index >= 15 is 0 Å². The Bertz CT molecular complexity index is 221. The van der Waals surface area contributed by atoms with Gasteiger partial charge in [-0.3, -0.25) is 0 Å². The highest BCUT2D eigenvalue weighted by Gasteiger charge is 1.94. The lowest BCUT2D eigenvalue weighted by molar-refractivity contribution is 0.0810. The molecule has 0 unspecified atom stereocenters. The van der Waals surface area contributed by atoms with Gasteiger partial charge >= 0.3 is 0 Å². The van der Waals surface area contributed by atoms with Gasteiger partial charge in [-0.25, -0.2) is 0 Å². The molecule has 0 aromatic carbocycles. The summed E-state index contributed by atoms with van der Waals surface area (Å²) in [6, 6.07) is 2.18. The summed E-state index contributed by atoms with van der Waals surface area (Å²) < 4.78 is 5.42. The van der Waals surface area contributed by atoms with E-state index in [-0.39, 0.29) is 0 Å². The second kappa shape index (κ2) is 6.98. The lowest BCUT2D eigenvalue weighted by Crippen LogP contribution is -2.23. The molecule has 1 aromatic heterocycles. The number of hydrogen-bond donors (Lipinski definition) is 1. The van der Waals surface area contributed by atoms with Gasteiger partial charge < -0.3 is 10.1 Å². The molecule has 1 heterocycles. The van der Waals surface area contributed by atoms with E-state index in [0.717, 1.165) is 26.1 Å². The molecule has 0 fully saturated rings. The average molecular weight is 213 g/mol. The fourth-order valence-electron chi connectivity index (χ4n) is 1.16. The summed E-state index contributed by atoms with van der Waals surface area (Å²) in [6.07, 6.45) is 1.46. The molecule has 80 valence electrons. The van der Waals surface area contributed by atoms with Crippen LogP contribution < -0.4 is 5.32 Å². The van der Waals surface area contributed by atoms with Gasteiger partial charge in [-0.15, -0.1) is 0 Å². The van der Waals surface area contributed by atoms with Crippen molar-refractivity contribution in [2.45, 2.75) is 26.4 Å². The van der Waals surface area contributed by atoms with Gasteiger partial charge in [0.1, 0.15) is 0 Å². The number of rotatable bonds is 7. The van der Waals surface area contributed by atoms with Gasteiger partial charge in [-0.05, 0) is 49.2 Å². The van der Waals surface area contributed by atoms with Gasteiger partial charge in [0.05, 0.1) is 12.7 Å². The predicted molar refractivity (Wildman–Crippen MR) is 62.0 cm³/mol. The van der Waals surface area contributed by atoms with Crippen LogP contribution in [0.2, 0.25) is 0 Å². The molecule has 3 heteroatoms. The number of ether oxygens (including phenoxy) is 1. The van der Waals surface area contributed by atoms with Crippen molar-refractivity contribution in [1.82, 2.24) is 5.32 Å². The standard InChI is InChI=1S/C11H19NOS/c1-10(2)13-7-6-12-5-3-11-4-8-14-9-11/h4,8-10,12H,3,5-7H2,1-2H3. The zero-order valence-electron chi connectivity index (χ0n) is 8.95. The molecule has 0 aliphatic rings. The van der Waals surface area contributed by atoms with E-state index in [4.69, 9.17) is 4.74 Å². The van der Waals surface area contributed by atoms with E-state index in [1.165, 1.54) is 5.56 Å². The first kappa shape index (κ1) is 11.7. The van der Waals surface area contributed by atoms with Crippen LogP contribution in [0.5, 0.6) is 0 Å². The molecule has 0 spiro atoms. The molecular formula is C11H19NOS. The third-order valence-corrected chi connectivity index (χ3v) is 2.63. The fourth-order valence-corrected chi connectivity index (χ4v) is 1.86. The van der Waals surface area contributed by atoms with Crippen LogP contribution in [0.4, 0.5) is 0 Å². The summed E-state index contributed by atoms with van der Waals surface area (Å²) in [7, 11) is 0. The topological polar surface area (TPSA) is 21.3 Å². The first-order valence-corrected chi connectivity index (χ1v) is 6.06. The molecule has 2 nitrogen and oxygen atoms in total. The summed E-state index contributed by atoms with van der Waals surface area (Å²) in [5, 5.41) is 7.68. The highest BCUT2D eigenvalue weighted by atomic mass is 32.1. The monoisotopic (exact) mass is 213 g/mol. The van der Waals surface area contributed by atoms with Crippen molar-refractivity contribution in [2.24, 2.45) is 0 Å². The van der Waals surface area contributed by atoms with Crippen molar-refractivity contribution < 1.29 is 4.74 Å². The molecule has 0 aliphatic carbocycles. The van der Waals surface area contributed by atoms with E-state index in [1.54, 1.807) is 11.3 Å². The third-order valence-electron chi connectivity index (χ3n) is 1.90. The normalized spacial score (nSPS) is 11.1. The minimum absolute atomic E-state index is 0.341. The summed E-state index contributed by atoms with van der Waals surface area (Å²) in [4.78, 5) is 0. The number of nitrogens with one attached hydrogen (secondary N) is 1. The highest BCUT2D eigenvalue weighted by Crippen LogP contribution is 2.05. The lowest BCUT2D eigenvalue weighted by Gasteiger charge is -2.07. The molecular weight excluding hydrogens is 194 g/mol. The average Bonchev–Trinajstić information content (AvgIpc) is 2.63. The number of thiophene rings is 1. The van der Waals surface area contributed by atoms with Crippen molar-refractivity contribution in [3.8, 4) is 0 Å². The fraction of sp³-hybridized carbons (Fsp3) is 0.636. The van der Waals surface area contributed by atoms with Crippen LogP contribution in [0, 0.1) is 0 Å². The minimum Gasteiger partial charge on any atom is -0.377 e. The van der Waals surface area contributed by atoms with Crippen molar-refractivity contribution in [1.29, 1.82) is 0 Å². The van der Waals surface area contributed by atoms with Gasteiger partial charge in [0.2, 0.25) is 0 Å². The highest BCUT2D eigenvalue weighted by molar-refractivity contribution is 7.07. The molecule has 0 saturated heterocycles. The van der Waals surface area contributed by atoms with Crippen molar-refractivity contribution in [3.63, 3.8) is 0 Å². The van der Waals surface area contributed by atoms with Crippen LogP contribution in [0.25, 0.3) is 0 Å². The summed E-state index contributed by atoms with van der Waals surface area (Å²) >= 11 is 1.76. The third kappa shape index (κ3) is 5.37. The van der Waals surface area contributed by atoms with Crippen LogP contribution in [0.3, 0.4) is 0 Å². The van der Waals surface area contributed by atoms with Crippen LogP contribution in [-0.4, -0.2) is 25.8 Å². The maximum absolute atomic E-state index is 5.42. The van der Waals surface area contributed by atoms with Gasteiger partial charge in [0.25, 0.3) is 0 Å². The Morgan fingerprint density at radius 1 is 1.43 bits per heavy atom. The van der Waals surface area contributed by atoms with E-state index < -0.39 is 0 Å².